The summed E-state index contributed by atoms with van der Waals surface area (Å²) in [5.41, 5.74) is 0. The molecule has 0 saturated heterocycles. The lowest BCUT2D eigenvalue weighted by atomic mass is 10.2. The van der Waals surface area contributed by atoms with E-state index in [0.29, 0.717) is 13.0 Å². The Morgan fingerprint density at radius 2 is 2.60 bits per heavy atom. The molecule has 84 valence electrons. The predicted octanol–water partition coefficient (Wildman–Crippen LogP) is 0.955. The molecule has 15 heavy (non-hydrogen) atoms. The molecule has 1 aromatic heterocycles. The van der Waals surface area contributed by atoms with Crippen molar-refractivity contribution in [2.24, 2.45) is 0 Å². The van der Waals surface area contributed by atoms with Crippen molar-refractivity contribution in [2.45, 2.75) is 24.5 Å². The van der Waals surface area contributed by atoms with Gasteiger partial charge < -0.3 is 15.4 Å². The normalized spacial score (nSPS) is 12.6. The number of aliphatic carboxylic acids is 1. The first kappa shape index (κ1) is 12.1. The smallest absolute Gasteiger partial charge is 0.320 e. The lowest BCUT2D eigenvalue weighted by Gasteiger charge is -2.11. The van der Waals surface area contributed by atoms with Crippen LogP contribution >= 0.6 is 11.8 Å². The Morgan fingerprint density at radius 1 is 1.80 bits per heavy atom. The highest BCUT2D eigenvalue weighted by atomic mass is 32.2. The number of nitrogens with one attached hydrogen (secondary N) is 2. The molecule has 0 amide bonds. The van der Waals surface area contributed by atoms with Crippen LogP contribution in [0.3, 0.4) is 0 Å². The second-order valence-electron chi connectivity index (χ2n) is 2.98. The van der Waals surface area contributed by atoms with E-state index in [1.54, 1.807) is 12.4 Å². The zero-order valence-corrected chi connectivity index (χ0v) is 9.38. The summed E-state index contributed by atoms with van der Waals surface area (Å²) >= 11 is 1.53. The Morgan fingerprint density at radius 3 is 3.13 bits per heavy atom. The van der Waals surface area contributed by atoms with Gasteiger partial charge in [-0.15, -0.1) is 0 Å². The molecule has 0 bridgehead atoms. The number of aromatic nitrogens is 2. The minimum absolute atomic E-state index is 0.461. The van der Waals surface area contributed by atoms with Crippen molar-refractivity contribution in [3.63, 3.8) is 0 Å². The van der Waals surface area contributed by atoms with E-state index in [1.165, 1.54) is 11.8 Å². The number of likely N-dealkylation sites (N-methyl/N-ethyl adjacent to an activating group) is 1. The minimum atomic E-state index is -0.795. The SMILES string of the molecule is CCNC(CCSc1ncc[nH]1)C(=O)O. The summed E-state index contributed by atoms with van der Waals surface area (Å²) in [6.07, 6.45) is 4.02. The van der Waals surface area contributed by atoms with Crippen LogP contribution in [-0.2, 0) is 4.79 Å². The Labute approximate surface area is 92.7 Å². The number of nitrogens with zero attached hydrogens (tertiary/aromatic N) is 1. The number of carboxylic acid groups (broad SMARTS) is 1. The maximum Gasteiger partial charge on any atom is 0.320 e. The number of aromatic amines is 1. The number of carbonyl (C=O) groups is 1. The minimum Gasteiger partial charge on any atom is -0.480 e. The number of hydrogen-bond acceptors (Lipinski definition) is 4. The molecule has 1 heterocycles. The maximum absolute atomic E-state index is 10.8. The van der Waals surface area contributed by atoms with Gasteiger partial charge in [-0.1, -0.05) is 18.7 Å². The molecule has 0 spiro atoms. The van der Waals surface area contributed by atoms with E-state index in [2.05, 4.69) is 15.3 Å². The summed E-state index contributed by atoms with van der Waals surface area (Å²) in [4.78, 5) is 17.8. The highest BCUT2D eigenvalue weighted by Crippen LogP contribution is 2.13. The van der Waals surface area contributed by atoms with Gasteiger partial charge in [0, 0.05) is 18.1 Å². The van der Waals surface area contributed by atoms with Crippen LogP contribution in [0.1, 0.15) is 13.3 Å². The fourth-order valence-electron chi connectivity index (χ4n) is 1.16. The van der Waals surface area contributed by atoms with Crippen molar-refractivity contribution in [1.29, 1.82) is 0 Å². The quantitative estimate of drug-likeness (QED) is 0.607. The number of rotatable bonds is 7. The molecule has 6 heteroatoms. The van der Waals surface area contributed by atoms with E-state index in [-0.39, 0.29) is 0 Å². The highest BCUT2D eigenvalue weighted by Gasteiger charge is 2.15. The molecule has 3 N–H and O–H groups in total. The first-order valence-electron chi connectivity index (χ1n) is 4.82. The van der Waals surface area contributed by atoms with Crippen molar-refractivity contribution in [2.75, 3.05) is 12.3 Å². The first-order valence-corrected chi connectivity index (χ1v) is 5.81. The van der Waals surface area contributed by atoms with E-state index < -0.39 is 12.0 Å². The van der Waals surface area contributed by atoms with E-state index in [4.69, 9.17) is 5.11 Å². The van der Waals surface area contributed by atoms with E-state index >= 15 is 0 Å². The summed E-state index contributed by atoms with van der Waals surface area (Å²) < 4.78 is 0. The van der Waals surface area contributed by atoms with Gasteiger partial charge in [-0.05, 0) is 13.0 Å². The van der Waals surface area contributed by atoms with Crippen molar-refractivity contribution in [3.05, 3.63) is 12.4 Å². The Kier molecular flexibility index (Phi) is 5.20. The van der Waals surface area contributed by atoms with Gasteiger partial charge in [0.25, 0.3) is 0 Å². The molecule has 0 aliphatic rings. The third-order valence-electron chi connectivity index (χ3n) is 1.87. The molecule has 0 aliphatic carbocycles. The molecule has 1 atom stereocenters. The molecule has 0 fully saturated rings. The van der Waals surface area contributed by atoms with Crippen molar-refractivity contribution >= 4 is 17.7 Å². The fraction of sp³-hybridized carbons (Fsp3) is 0.556. The van der Waals surface area contributed by atoms with Crippen LogP contribution in [-0.4, -0.2) is 39.4 Å². The van der Waals surface area contributed by atoms with Gasteiger partial charge in [0.2, 0.25) is 0 Å². The van der Waals surface area contributed by atoms with Crippen LogP contribution in [0.2, 0.25) is 0 Å². The Hall–Kier alpha value is -1.01. The topological polar surface area (TPSA) is 78.0 Å². The average molecular weight is 229 g/mol. The number of imidazole rings is 1. The fourth-order valence-corrected chi connectivity index (χ4v) is 2.00. The van der Waals surface area contributed by atoms with Gasteiger partial charge >= 0.3 is 5.97 Å². The van der Waals surface area contributed by atoms with Crippen LogP contribution in [0.5, 0.6) is 0 Å². The highest BCUT2D eigenvalue weighted by molar-refractivity contribution is 7.99. The summed E-state index contributed by atoms with van der Waals surface area (Å²) in [6.45, 7) is 2.57. The van der Waals surface area contributed by atoms with Crippen LogP contribution in [0.15, 0.2) is 17.6 Å². The second-order valence-corrected chi connectivity index (χ2v) is 4.06. The predicted molar refractivity (Wildman–Crippen MR) is 59.0 cm³/mol. The van der Waals surface area contributed by atoms with Crippen LogP contribution in [0.25, 0.3) is 0 Å². The largest absolute Gasteiger partial charge is 0.480 e. The zero-order chi connectivity index (χ0) is 11.1. The van der Waals surface area contributed by atoms with Gasteiger partial charge in [0.05, 0.1) is 0 Å². The lowest BCUT2D eigenvalue weighted by Crippen LogP contribution is -2.36. The molecule has 0 aliphatic heterocycles. The van der Waals surface area contributed by atoms with Gasteiger partial charge in [-0.25, -0.2) is 4.98 Å². The molecule has 0 radical (unpaired) electrons. The van der Waals surface area contributed by atoms with Crippen LogP contribution in [0, 0.1) is 0 Å². The zero-order valence-electron chi connectivity index (χ0n) is 8.56. The molecular weight excluding hydrogens is 214 g/mol. The van der Waals surface area contributed by atoms with Crippen molar-refractivity contribution in [1.82, 2.24) is 15.3 Å². The third-order valence-corrected chi connectivity index (χ3v) is 2.80. The Bertz CT molecular complexity index is 290. The van der Waals surface area contributed by atoms with Gasteiger partial charge in [0.15, 0.2) is 5.16 Å². The summed E-state index contributed by atoms with van der Waals surface area (Å²) in [5.74, 6) is -0.0609. The van der Waals surface area contributed by atoms with Crippen LogP contribution in [0.4, 0.5) is 0 Å². The molecule has 0 aromatic carbocycles. The number of thioether (sulfide) groups is 1. The summed E-state index contributed by atoms with van der Waals surface area (Å²) in [7, 11) is 0. The summed E-state index contributed by atoms with van der Waals surface area (Å²) in [6, 6.07) is -0.461. The van der Waals surface area contributed by atoms with E-state index in [0.717, 1.165) is 10.9 Å². The maximum atomic E-state index is 10.8. The second kappa shape index (κ2) is 6.47. The van der Waals surface area contributed by atoms with Crippen LogP contribution < -0.4 is 5.32 Å². The van der Waals surface area contributed by atoms with Gasteiger partial charge in [-0.3, -0.25) is 4.79 Å². The van der Waals surface area contributed by atoms with Crippen molar-refractivity contribution < 1.29 is 9.90 Å². The number of hydrogen-bond donors (Lipinski definition) is 3. The lowest BCUT2D eigenvalue weighted by molar-refractivity contribution is -0.139. The monoisotopic (exact) mass is 229 g/mol. The summed E-state index contributed by atoms with van der Waals surface area (Å²) in [5, 5.41) is 12.6. The standard InChI is InChI=1S/C9H15N3O2S/c1-2-10-7(8(13)14)3-6-15-9-11-4-5-12-9/h4-5,7,10H,2-3,6H2,1H3,(H,11,12)(H,13,14). The molecule has 1 unspecified atom stereocenters. The van der Waals surface area contributed by atoms with Gasteiger partial charge in [0.1, 0.15) is 6.04 Å². The Balaban J connectivity index is 2.25. The molecular formula is C9H15N3O2S. The van der Waals surface area contributed by atoms with Crippen molar-refractivity contribution in [3.8, 4) is 0 Å². The number of H-pyrrole nitrogens is 1. The van der Waals surface area contributed by atoms with Gasteiger partial charge in [-0.2, -0.15) is 0 Å². The van der Waals surface area contributed by atoms with E-state index in [9.17, 15) is 4.79 Å². The molecule has 1 aromatic rings. The third kappa shape index (κ3) is 4.35. The molecule has 5 nitrogen and oxygen atoms in total. The number of carboxylic acids is 1. The first-order chi connectivity index (χ1) is 7.24. The molecule has 1 rings (SSSR count). The van der Waals surface area contributed by atoms with E-state index in [1.807, 2.05) is 6.92 Å². The molecule has 0 saturated carbocycles. The average Bonchev–Trinajstić information content (AvgIpc) is 2.69.